The molecule has 3 aromatic rings. The highest BCUT2D eigenvalue weighted by Gasteiger charge is 2.33. The Morgan fingerprint density at radius 2 is 1.53 bits per heavy atom. The maximum absolute atomic E-state index is 13.2. The predicted molar refractivity (Wildman–Crippen MR) is 120 cm³/mol. The van der Waals surface area contributed by atoms with Gasteiger partial charge in [-0.3, -0.25) is 23.7 Å². The number of aromatic nitrogens is 2. The zero-order chi connectivity index (χ0) is 24.1. The van der Waals surface area contributed by atoms with E-state index in [1.165, 1.54) is 6.20 Å². The molecule has 0 aliphatic carbocycles. The summed E-state index contributed by atoms with van der Waals surface area (Å²) in [5, 5.41) is 2.94. The van der Waals surface area contributed by atoms with Crippen molar-refractivity contribution in [2.24, 2.45) is 0 Å². The lowest BCUT2D eigenvalue weighted by Gasteiger charge is -2.16. The third kappa shape index (κ3) is 5.07. The number of benzene rings is 2. The van der Waals surface area contributed by atoms with Crippen molar-refractivity contribution in [1.82, 2.24) is 14.6 Å². The van der Waals surface area contributed by atoms with Crippen LogP contribution >= 0.6 is 0 Å². The normalized spacial score (nSPS) is 13.1. The molecular formula is C24H20N4O6. The molecule has 172 valence electrons. The van der Waals surface area contributed by atoms with Gasteiger partial charge in [0.05, 0.1) is 12.6 Å². The van der Waals surface area contributed by atoms with Crippen LogP contribution in [0.1, 0.15) is 18.4 Å². The third-order valence-corrected chi connectivity index (χ3v) is 5.05. The Hall–Kier alpha value is -4.60. The van der Waals surface area contributed by atoms with Gasteiger partial charge in [-0.15, -0.1) is 5.06 Å². The number of rotatable bonds is 7. The summed E-state index contributed by atoms with van der Waals surface area (Å²) in [7, 11) is 0. The lowest BCUT2D eigenvalue weighted by atomic mass is 10.1. The number of nitrogens with one attached hydrogen (secondary N) is 1. The number of carbonyl (C=O) groups excluding carboxylic acids is 4. The van der Waals surface area contributed by atoms with Gasteiger partial charge < -0.3 is 10.2 Å². The fourth-order valence-corrected chi connectivity index (χ4v) is 3.44. The van der Waals surface area contributed by atoms with Crippen LogP contribution in [0, 0.1) is 0 Å². The van der Waals surface area contributed by atoms with Crippen LogP contribution < -0.4 is 10.9 Å². The molecule has 2 aromatic carbocycles. The molecule has 1 saturated heterocycles. The maximum atomic E-state index is 13.2. The number of anilines is 1. The summed E-state index contributed by atoms with van der Waals surface area (Å²) in [5.41, 5.74) is 0.494. The molecule has 4 rings (SSSR count). The van der Waals surface area contributed by atoms with Crippen molar-refractivity contribution in [3.63, 3.8) is 0 Å². The van der Waals surface area contributed by atoms with E-state index < -0.39 is 35.8 Å². The Morgan fingerprint density at radius 1 is 0.912 bits per heavy atom. The van der Waals surface area contributed by atoms with Crippen molar-refractivity contribution in [3.8, 4) is 11.4 Å². The molecule has 1 aliphatic heterocycles. The fraction of sp³-hybridized carbons (Fsp3) is 0.167. The van der Waals surface area contributed by atoms with Crippen molar-refractivity contribution >= 4 is 29.4 Å². The van der Waals surface area contributed by atoms with Crippen LogP contribution in [-0.4, -0.2) is 38.3 Å². The maximum Gasteiger partial charge on any atom is 0.352 e. The third-order valence-electron chi connectivity index (χ3n) is 5.05. The van der Waals surface area contributed by atoms with Gasteiger partial charge in [0.1, 0.15) is 18.1 Å². The van der Waals surface area contributed by atoms with Crippen LogP contribution in [0.25, 0.3) is 11.4 Å². The number of carbonyl (C=O) groups is 4. The standard InChI is InChI=1S/C24H20N4O6/c29-19(13-16-7-3-1-4-8-16)26-18-14-25-23(17-9-5-2-6-10-17)27(24(18)33)15-22(32)34-28-20(30)11-12-21(28)31/h1-10,14H,11-13,15H2,(H,26,29). The molecule has 1 aromatic heterocycles. The number of imide groups is 1. The summed E-state index contributed by atoms with van der Waals surface area (Å²) in [4.78, 5) is 70.9. The van der Waals surface area contributed by atoms with Gasteiger partial charge in [-0.1, -0.05) is 60.7 Å². The zero-order valence-electron chi connectivity index (χ0n) is 18.0. The average Bonchev–Trinajstić information content (AvgIpc) is 3.15. The number of nitrogens with zero attached hydrogens (tertiary/aromatic N) is 3. The summed E-state index contributed by atoms with van der Waals surface area (Å²) >= 11 is 0. The minimum atomic E-state index is -1.00. The Labute approximate surface area is 193 Å². The van der Waals surface area contributed by atoms with Crippen LogP contribution in [0.4, 0.5) is 5.69 Å². The lowest BCUT2D eigenvalue weighted by molar-refractivity contribution is -0.197. The highest BCUT2D eigenvalue weighted by molar-refractivity contribution is 6.01. The molecule has 0 saturated carbocycles. The van der Waals surface area contributed by atoms with Crippen molar-refractivity contribution < 1.29 is 24.0 Å². The molecule has 1 aliphatic rings. The number of hydrogen-bond acceptors (Lipinski definition) is 7. The Balaban J connectivity index is 1.61. The number of hydroxylamine groups is 2. The second-order valence-corrected chi connectivity index (χ2v) is 7.51. The average molecular weight is 460 g/mol. The summed E-state index contributed by atoms with van der Waals surface area (Å²) in [6, 6.07) is 17.6. The predicted octanol–water partition coefficient (Wildman–Crippen LogP) is 1.70. The second kappa shape index (κ2) is 9.90. The first kappa shape index (κ1) is 22.6. The molecule has 2 heterocycles. The van der Waals surface area contributed by atoms with E-state index in [9.17, 15) is 24.0 Å². The van der Waals surface area contributed by atoms with E-state index in [2.05, 4.69) is 10.3 Å². The Bertz CT molecular complexity index is 1290. The fourth-order valence-electron chi connectivity index (χ4n) is 3.44. The van der Waals surface area contributed by atoms with Gasteiger partial charge in [0.25, 0.3) is 17.4 Å². The van der Waals surface area contributed by atoms with Crippen molar-refractivity contribution in [2.75, 3.05) is 5.32 Å². The largest absolute Gasteiger partial charge is 0.352 e. The molecule has 1 fully saturated rings. The summed E-state index contributed by atoms with van der Waals surface area (Å²) in [6.45, 7) is -0.629. The van der Waals surface area contributed by atoms with E-state index in [4.69, 9.17) is 4.84 Å². The molecule has 10 nitrogen and oxygen atoms in total. The molecule has 34 heavy (non-hydrogen) atoms. The van der Waals surface area contributed by atoms with Gasteiger partial charge in [0.2, 0.25) is 5.91 Å². The van der Waals surface area contributed by atoms with Crippen molar-refractivity contribution in [3.05, 3.63) is 82.8 Å². The van der Waals surface area contributed by atoms with E-state index in [1.54, 1.807) is 54.6 Å². The SMILES string of the molecule is O=C(Cc1ccccc1)Nc1cnc(-c2ccccc2)n(CC(=O)ON2C(=O)CCC2=O)c1=O. The summed E-state index contributed by atoms with van der Waals surface area (Å²) in [6.07, 6.45) is 1.17. The molecular weight excluding hydrogens is 440 g/mol. The highest BCUT2D eigenvalue weighted by atomic mass is 16.7. The van der Waals surface area contributed by atoms with Crippen LogP contribution in [0.15, 0.2) is 71.7 Å². The minimum absolute atomic E-state index is 0.0436. The molecule has 10 heteroatoms. The number of hydrogen-bond donors (Lipinski definition) is 1. The molecule has 0 bridgehead atoms. The van der Waals surface area contributed by atoms with E-state index in [1.807, 2.05) is 6.07 Å². The quantitative estimate of drug-likeness (QED) is 0.532. The van der Waals surface area contributed by atoms with Crippen molar-refractivity contribution in [2.45, 2.75) is 25.8 Å². The highest BCUT2D eigenvalue weighted by Crippen LogP contribution is 2.17. The first-order valence-corrected chi connectivity index (χ1v) is 10.5. The molecule has 3 amide bonds. The van der Waals surface area contributed by atoms with Gasteiger partial charge in [0, 0.05) is 18.4 Å². The van der Waals surface area contributed by atoms with Crippen LogP contribution in [0.3, 0.4) is 0 Å². The number of amides is 3. The van der Waals surface area contributed by atoms with Gasteiger partial charge >= 0.3 is 5.97 Å². The second-order valence-electron chi connectivity index (χ2n) is 7.51. The molecule has 0 atom stereocenters. The van der Waals surface area contributed by atoms with Gasteiger partial charge in [-0.2, -0.15) is 0 Å². The van der Waals surface area contributed by atoms with E-state index in [0.29, 0.717) is 10.6 Å². The molecule has 0 unspecified atom stereocenters. The Kier molecular flexibility index (Phi) is 6.58. The van der Waals surface area contributed by atoms with E-state index in [0.717, 1.165) is 10.1 Å². The van der Waals surface area contributed by atoms with Crippen LogP contribution in [-0.2, 0) is 37.0 Å². The molecule has 0 radical (unpaired) electrons. The first-order chi connectivity index (χ1) is 16.4. The van der Waals surface area contributed by atoms with Crippen LogP contribution in [0.2, 0.25) is 0 Å². The van der Waals surface area contributed by atoms with E-state index in [-0.39, 0.29) is 30.8 Å². The minimum Gasteiger partial charge on any atom is -0.328 e. The lowest BCUT2D eigenvalue weighted by Crippen LogP contribution is -2.36. The van der Waals surface area contributed by atoms with Gasteiger partial charge in [-0.05, 0) is 5.56 Å². The van der Waals surface area contributed by atoms with Crippen LogP contribution in [0.5, 0.6) is 0 Å². The van der Waals surface area contributed by atoms with Gasteiger partial charge in [0.15, 0.2) is 0 Å². The smallest absolute Gasteiger partial charge is 0.328 e. The molecule has 1 N–H and O–H groups in total. The monoisotopic (exact) mass is 460 g/mol. The first-order valence-electron chi connectivity index (χ1n) is 10.5. The van der Waals surface area contributed by atoms with Gasteiger partial charge in [-0.25, -0.2) is 9.78 Å². The summed E-state index contributed by atoms with van der Waals surface area (Å²) in [5.74, 6) is -2.54. The van der Waals surface area contributed by atoms with E-state index >= 15 is 0 Å². The zero-order valence-corrected chi connectivity index (χ0v) is 18.0. The topological polar surface area (TPSA) is 128 Å². The Morgan fingerprint density at radius 3 is 2.18 bits per heavy atom. The van der Waals surface area contributed by atoms with Crippen molar-refractivity contribution in [1.29, 1.82) is 0 Å². The molecule has 0 spiro atoms. The summed E-state index contributed by atoms with van der Waals surface area (Å²) < 4.78 is 1.03.